The second-order valence-corrected chi connectivity index (χ2v) is 7.15. The molecular weight excluding hydrogens is 294 g/mol. The topological polar surface area (TPSA) is 12.5 Å². The number of hydrogen-bond acceptors (Lipinski definition) is 2. The van der Waals surface area contributed by atoms with Gasteiger partial charge < -0.3 is 4.74 Å². The molecule has 126 valence electrons. The minimum Gasteiger partial charge on any atom is -0.365 e. The molecule has 2 aliphatic heterocycles. The van der Waals surface area contributed by atoms with E-state index in [0.717, 1.165) is 12.1 Å². The fourth-order valence-electron chi connectivity index (χ4n) is 4.65. The van der Waals surface area contributed by atoms with E-state index in [1.54, 1.807) is 0 Å². The van der Waals surface area contributed by atoms with Crippen molar-refractivity contribution in [3.05, 3.63) is 71.8 Å². The quantitative estimate of drug-likeness (QED) is 0.784. The zero-order valence-corrected chi connectivity index (χ0v) is 14.5. The van der Waals surface area contributed by atoms with E-state index in [2.05, 4.69) is 72.5 Å². The van der Waals surface area contributed by atoms with Crippen LogP contribution in [0.1, 0.15) is 49.8 Å². The number of ether oxygens (including phenoxy) is 1. The van der Waals surface area contributed by atoms with Gasteiger partial charge in [-0.05, 0) is 43.4 Å². The van der Waals surface area contributed by atoms with Gasteiger partial charge in [0.15, 0.2) is 0 Å². The molecule has 2 bridgehead atoms. The maximum absolute atomic E-state index is 6.71. The van der Waals surface area contributed by atoms with Crippen LogP contribution in [0.15, 0.2) is 60.7 Å². The highest BCUT2D eigenvalue weighted by Crippen LogP contribution is 2.39. The monoisotopic (exact) mass is 321 g/mol. The molecule has 2 aromatic rings. The molecule has 2 heterocycles. The largest absolute Gasteiger partial charge is 0.365 e. The van der Waals surface area contributed by atoms with Gasteiger partial charge >= 0.3 is 0 Å². The van der Waals surface area contributed by atoms with Gasteiger partial charge in [-0.15, -0.1) is 0 Å². The molecule has 2 aliphatic rings. The first-order valence-electron chi connectivity index (χ1n) is 9.36. The normalized spacial score (nSPS) is 26.8. The van der Waals surface area contributed by atoms with Crippen LogP contribution >= 0.6 is 0 Å². The number of piperidine rings is 1. The lowest BCUT2D eigenvalue weighted by molar-refractivity contribution is -0.0470. The van der Waals surface area contributed by atoms with Crippen molar-refractivity contribution in [2.45, 2.75) is 56.9 Å². The lowest BCUT2D eigenvalue weighted by atomic mass is 9.97. The Kier molecular flexibility index (Phi) is 4.68. The third-order valence-corrected chi connectivity index (χ3v) is 5.74. The molecule has 0 aliphatic carbocycles. The van der Waals surface area contributed by atoms with Crippen molar-refractivity contribution in [3.8, 4) is 0 Å². The highest BCUT2D eigenvalue weighted by Gasteiger charge is 2.40. The predicted molar refractivity (Wildman–Crippen MR) is 98.0 cm³/mol. The molecule has 0 spiro atoms. The van der Waals surface area contributed by atoms with Gasteiger partial charge in [0.25, 0.3) is 0 Å². The zero-order chi connectivity index (χ0) is 16.4. The first-order valence-corrected chi connectivity index (χ1v) is 9.36. The lowest BCUT2D eigenvalue weighted by Crippen LogP contribution is -2.45. The van der Waals surface area contributed by atoms with E-state index in [-0.39, 0.29) is 6.10 Å². The van der Waals surface area contributed by atoms with Crippen LogP contribution in [-0.4, -0.2) is 29.6 Å². The average Bonchev–Trinajstić information content (AvgIpc) is 2.90. The molecule has 0 radical (unpaired) electrons. The Balaban J connectivity index is 1.55. The summed E-state index contributed by atoms with van der Waals surface area (Å²) in [6, 6.07) is 22.8. The maximum Gasteiger partial charge on any atom is 0.108 e. The van der Waals surface area contributed by atoms with Gasteiger partial charge in [-0.2, -0.15) is 0 Å². The van der Waals surface area contributed by atoms with Gasteiger partial charge in [0, 0.05) is 12.1 Å². The summed E-state index contributed by atoms with van der Waals surface area (Å²) in [5, 5.41) is 0. The molecule has 0 saturated carbocycles. The van der Waals surface area contributed by atoms with E-state index in [1.165, 1.54) is 43.4 Å². The smallest absolute Gasteiger partial charge is 0.108 e. The molecule has 2 saturated heterocycles. The van der Waals surface area contributed by atoms with Gasteiger partial charge in [0.2, 0.25) is 0 Å². The molecule has 0 amide bonds. The third-order valence-electron chi connectivity index (χ3n) is 5.74. The van der Waals surface area contributed by atoms with Crippen LogP contribution in [0.25, 0.3) is 0 Å². The summed E-state index contributed by atoms with van der Waals surface area (Å²) in [6.45, 7) is 3.48. The number of hydrogen-bond donors (Lipinski definition) is 0. The van der Waals surface area contributed by atoms with Crippen molar-refractivity contribution in [3.63, 3.8) is 0 Å². The van der Waals surface area contributed by atoms with Gasteiger partial charge in [0.1, 0.15) is 6.10 Å². The first kappa shape index (κ1) is 15.9. The van der Waals surface area contributed by atoms with Crippen molar-refractivity contribution >= 4 is 0 Å². The molecule has 0 unspecified atom stereocenters. The summed E-state index contributed by atoms with van der Waals surface area (Å²) in [5.41, 5.74) is 2.52. The van der Waals surface area contributed by atoms with Crippen molar-refractivity contribution in [1.29, 1.82) is 0 Å². The Morgan fingerprint density at radius 1 is 0.875 bits per heavy atom. The highest BCUT2D eigenvalue weighted by molar-refractivity contribution is 5.30. The van der Waals surface area contributed by atoms with Crippen LogP contribution in [0, 0.1) is 0 Å². The van der Waals surface area contributed by atoms with Crippen molar-refractivity contribution in [2.75, 3.05) is 6.54 Å². The molecule has 2 aromatic carbocycles. The zero-order valence-electron chi connectivity index (χ0n) is 14.5. The van der Waals surface area contributed by atoms with Crippen molar-refractivity contribution in [1.82, 2.24) is 4.90 Å². The number of rotatable bonds is 5. The standard InChI is InChI=1S/C22H27NO/c1-2-23-19-13-14-20(23)16-21(15-19)24-22(17-9-5-3-6-10-17)18-11-7-4-8-12-18/h3-12,19-22H,2,13-16H2,1H3/t19-,20-/m1/s1. The predicted octanol–water partition coefficient (Wildman–Crippen LogP) is 4.81. The minimum absolute atomic E-state index is 0.0463. The minimum atomic E-state index is 0.0463. The fourth-order valence-corrected chi connectivity index (χ4v) is 4.65. The van der Waals surface area contributed by atoms with Crippen molar-refractivity contribution < 1.29 is 4.74 Å². The number of fused-ring (bicyclic) bond motifs is 2. The Labute approximate surface area is 145 Å². The molecule has 4 rings (SSSR count). The maximum atomic E-state index is 6.71. The Morgan fingerprint density at radius 3 is 1.83 bits per heavy atom. The Hall–Kier alpha value is -1.64. The van der Waals surface area contributed by atoms with E-state index in [9.17, 15) is 0 Å². The number of nitrogens with zero attached hydrogens (tertiary/aromatic N) is 1. The summed E-state index contributed by atoms with van der Waals surface area (Å²) in [6.07, 6.45) is 5.47. The molecule has 2 atom stereocenters. The summed E-state index contributed by atoms with van der Waals surface area (Å²) in [4.78, 5) is 2.69. The second-order valence-electron chi connectivity index (χ2n) is 7.15. The van der Waals surface area contributed by atoms with Gasteiger partial charge in [-0.3, -0.25) is 4.90 Å². The molecular formula is C22H27NO. The summed E-state index contributed by atoms with van der Waals surface area (Å²) in [5.74, 6) is 0. The van der Waals surface area contributed by atoms with Crippen molar-refractivity contribution in [2.24, 2.45) is 0 Å². The number of benzene rings is 2. The van der Waals surface area contributed by atoms with Crippen LogP contribution in [0.4, 0.5) is 0 Å². The summed E-state index contributed by atoms with van der Waals surface area (Å²) < 4.78 is 6.71. The molecule has 24 heavy (non-hydrogen) atoms. The van der Waals surface area contributed by atoms with Gasteiger partial charge in [-0.25, -0.2) is 0 Å². The second kappa shape index (κ2) is 7.08. The van der Waals surface area contributed by atoms with Crippen LogP contribution in [-0.2, 0) is 4.74 Å². The van der Waals surface area contributed by atoms with Gasteiger partial charge in [-0.1, -0.05) is 67.6 Å². The van der Waals surface area contributed by atoms with Gasteiger partial charge in [0.05, 0.1) is 6.10 Å². The molecule has 2 nitrogen and oxygen atoms in total. The summed E-state index contributed by atoms with van der Waals surface area (Å²) in [7, 11) is 0. The Bertz CT molecular complexity index is 588. The van der Waals surface area contributed by atoms with E-state index in [1.807, 2.05) is 0 Å². The third kappa shape index (κ3) is 3.13. The van der Waals surface area contributed by atoms with E-state index in [0.29, 0.717) is 6.10 Å². The SMILES string of the molecule is CCN1[C@@H]2CC[C@@H]1CC(OC(c1ccccc1)c1ccccc1)C2. The van der Waals surface area contributed by atoms with Crippen LogP contribution in [0.3, 0.4) is 0 Å². The first-order chi connectivity index (χ1) is 11.8. The van der Waals surface area contributed by atoms with E-state index in [4.69, 9.17) is 4.74 Å². The van der Waals surface area contributed by atoms with E-state index < -0.39 is 0 Å². The van der Waals surface area contributed by atoms with Crippen LogP contribution in [0.5, 0.6) is 0 Å². The fraction of sp³-hybridized carbons (Fsp3) is 0.455. The van der Waals surface area contributed by atoms with E-state index >= 15 is 0 Å². The lowest BCUT2D eigenvalue weighted by Gasteiger charge is -2.39. The molecule has 0 aromatic heterocycles. The van der Waals surface area contributed by atoms with Crippen LogP contribution < -0.4 is 0 Å². The molecule has 2 heteroatoms. The average molecular weight is 321 g/mol. The summed E-state index contributed by atoms with van der Waals surface area (Å²) >= 11 is 0. The van der Waals surface area contributed by atoms with Crippen LogP contribution in [0.2, 0.25) is 0 Å². The highest BCUT2D eigenvalue weighted by atomic mass is 16.5. The Morgan fingerprint density at radius 2 is 1.38 bits per heavy atom. The molecule has 0 N–H and O–H groups in total. The molecule has 2 fully saturated rings.